The highest BCUT2D eigenvalue weighted by Gasteiger charge is 2.85. The SMILES string of the molecule is CC(C)C(CC[C@H]1CNC(C)(C)C1)Nc1cccc(SNC(=O)c2ccc(-n3ccc(OCCC4C5(CC5)C45CC5)n3)nc2Cl)n1. The summed E-state index contributed by atoms with van der Waals surface area (Å²) in [6, 6.07) is 11.4. The van der Waals surface area contributed by atoms with Crippen LogP contribution in [-0.2, 0) is 0 Å². The summed E-state index contributed by atoms with van der Waals surface area (Å²) in [6.07, 6.45) is 12.1. The van der Waals surface area contributed by atoms with Gasteiger partial charge in [-0.05, 0) is 125 Å². The van der Waals surface area contributed by atoms with Crippen LogP contribution in [0.3, 0.4) is 0 Å². The first-order valence-electron chi connectivity index (χ1n) is 16.9. The summed E-state index contributed by atoms with van der Waals surface area (Å²) in [6.45, 7) is 10.8. The van der Waals surface area contributed by atoms with Gasteiger partial charge in [0.25, 0.3) is 5.91 Å². The number of amides is 1. The minimum atomic E-state index is -0.339. The molecule has 4 aliphatic rings. The van der Waals surface area contributed by atoms with Crippen LogP contribution in [0.4, 0.5) is 5.82 Å². The zero-order chi connectivity index (χ0) is 32.1. The molecule has 1 amide bonds. The molecule has 3 N–H and O–H groups in total. The van der Waals surface area contributed by atoms with Crippen LogP contribution in [0.25, 0.3) is 5.82 Å². The maximum Gasteiger partial charge on any atom is 0.264 e. The fraction of sp³-hybridized carbons (Fsp3) is 0.600. The molecule has 246 valence electrons. The number of anilines is 1. The van der Waals surface area contributed by atoms with Crippen molar-refractivity contribution in [1.29, 1.82) is 0 Å². The second-order valence-electron chi connectivity index (χ2n) is 14.9. The highest BCUT2D eigenvalue weighted by Crippen LogP contribution is 2.93. The Hall–Kier alpha value is -2.82. The average molecular weight is 664 g/mol. The Bertz CT molecular complexity index is 1570. The van der Waals surface area contributed by atoms with Crippen LogP contribution < -0.4 is 20.1 Å². The molecule has 4 fully saturated rings. The van der Waals surface area contributed by atoms with Crippen molar-refractivity contribution in [1.82, 2.24) is 29.8 Å². The number of carbonyl (C=O) groups excluding carboxylic acids is 1. The summed E-state index contributed by atoms with van der Waals surface area (Å²) in [5, 5.41) is 12.6. The summed E-state index contributed by atoms with van der Waals surface area (Å²) in [4.78, 5) is 22.2. The van der Waals surface area contributed by atoms with Crippen molar-refractivity contribution >= 4 is 35.3 Å². The molecule has 2 atom stereocenters. The minimum absolute atomic E-state index is 0.107. The van der Waals surface area contributed by atoms with E-state index in [-0.39, 0.29) is 22.2 Å². The zero-order valence-corrected chi connectivity index (χ0v) is 28.9. The van der Waals surface area contributed by atoms with E-state index in [1.165, 1.54) is 38.5 Å². The molecule has 9 nitrogen and oxygen atoms in total. The molecule has 0 bridgehead atoms. The van der Waals surface area contributed by atoms with E-state index in [0.29, 0.717) is 52.0 Å². The molecule has 3 aliphatic carbocycles. The molecule has 3 saturated carbocycles. The van der Waals surface area contributed by atoms with Gasteiger partial charge in [0.1, 0.15) is 16.0 Å². The highest BCUT2D eigenvalue weighted by atomic mass is 35.5. The number of hydrogen-bond acceptors (Lipinski definition) is 8. The van der Waals surface area contributed by atoms with E-state index in [1.54, 1.807) is 23.0 Å². The van der Waals surface area contributed by atoms with Crippen LogP contribution in [0.5, 0.6) is 5.88 Å². The number of ether oxygens (including phenoxy) is 1. The van der Waals surface area contributed by atoms with Gasteiger partial charge < -0.3 is 15.4 Å². The molecule has 7 rings (SSSR count). The van der Waals surface area contributed by atoms with Crippen LogP contribution in [0, 0.1) is 28.6 Å². The standard InChI is InChI=1S/C35H46ClN7O2S/c1-22(2)25(10-8-23-20-33(3,4)37-21-23)38-27-6-5-7-30(39-27)46-42-32(44)24-9-11-28(40-31(24)36)43-18-12-29(41-43)45-19-13-26-34(14-15-34)35(26)16-17-35/h5-7,9,11-12,18,22-23,25-26,37H,8,10,13-17,19-21H2,1-4H3,(H,38,39)(H,42,44)/t23-,25?/m1/s1. The molecular formula is C35H46ClN7O2S. The van der Waals surface area contributed by atoms with Gasteiger partial charge >= 0.3 is 0 Å². The van der Waals surface area contributed by atoms with Crippen molar-refractivity contribution in [2.45, 2.75) is 95.7 Å². The van der Waals surface area contributed by atoms with Crippen molar-refractivity contribution in [3.8, 4) is 11.7 Å². The summed E-state index contributed by atoms with van der Waals surface area (Å²) in [5.74, 6) is 3.59. The van der Waals surface area contributed by atoms with Gasteiger partial charge in [-0.25, -0.2) is 14.6 Å². The Morgan fingerprint density at radius 1 is 1.11 bits per heavy atom. The molecule has 1 unspecified atom stereocenters. The normalized spacial score (nSPS) is 22.3. The highest BCUT2D eigenvalue weighted by molar-refractivity contribution is 7.97. The number of fused-ring (bicyclic) bond motifs is 1. The lowest BCUT2D eigenvalue weighted by Gasteiger charge is -2.25. The molecule has 46 heavy (non-hydrogen) atoms. The first kappa shape index (κ1) is 31.8. The Morgan fingerprint density at radius 2 is 1.89 bits per heavy atom. The third-order valence-corrected chi connectivity index (χ3v) is 12.0. The van der Waals surface area contributed by atoms with E-state index in [0.717, 1.165) is 43.1 Å². The summed E-state index contributed by atoms with van der Waals surface area (Å²) < 4.78 is 10.5. The number of carbonyl (C=O) groups is 1. The zero-order valence-electron chi connectivity index (χ0n) is 27.3. The molecule has 1 aliphatic heterocycles. The minimum Gasteiger partial charge on any atom is -0.477 e. The van der Waals surface area contributed by atoms with Gasteiger partial charge in [-0.2, -0.15) is 0 Å². The average Bonchev–Trinajstić information content (AvgIpc) is 3.98. The number of hydrogen-bond donors (Lipinski definition) is 3. The first-order valence-corrected chi connectivity index (χ1v) is 18.1. The molecule has 2 spiro atoms. The molecule has 0 aromatic carbocycles. The van der Waals surface area contributed by atoms with Crippen molar-refractivity contribution in [3.63, 3.8) is 0 Å². The Balaban J connectivity index is 0.892. The van der Waals surface area contributed by atoms with E-state index in [1.807, 2.05) is 24.3 Å². The molecule has 11 heteroatoms. The van der Waals surface area contributed by atoms with Crippen LogP contribution in [0.1, 0.15) is 89.4 Å². The fourth-order valence-electron chi connectivity index (χ4n) is 8.24. The fourth-order valence-corrected chi connectivity index (χ4v) is 9.08. The smallest absolute Gasteiger partial charge is 0.264 e. The van der Waals surface area contributed by atoms with Crippen LogP contribution in [0.2, 0.25) is 5.15 Å². The molecule has 3 aromatic rings. The van der Waals surface area contributed by atoms with Crippen molar-refractivity contribution < 1.29 is 9.53 Å². The second kappa shape index (κ2) is 12.3. The Morgan fingerprint density at radius 3 is 2.57 bits per heavy atom. The van der Waals surface area contributed by atoms with Crippen LogP contribution >= 0.6 is 23.5 Å². The van der Waals surface area contributed by atoms with Crippen molar-refractivity contribution in [2.24, 2.45) is 28.6 Å². The number of rotatable bonds is 14. The predicted octanol–water partition coefficient (Wildman–Crippen LogP) is 7.32. The quantitative estimate of drug-likeness (QED) is 0.122. The summed E-state index contributed by atoms with van der Waals surface area (Å²) in [7, 11) is 0. The third-order valence-electron chi connectivity index (χ3n) is 11.0. The lowest BCUT2D eigenvalue weighted by atomic mass is 9.90. The van der Waals surface area contributed by atoms with Gasteiger partial charge in [0.15, 0.2) is 5.82 Å². The largest absolute Gasteiger partial charge is 0.477 e. The predicted molar refractivity (Wildman–Crippen MR) is 183 cm³/mol. The molecule has 0 radical (unpaired) electrons. The van der Waals surface area contributed by atoms with E-state index in [9.17, 15) is 4.79 Å². The molecule has 3 aromatic heterocycles. The maximum absolute atomic E-state index is 13.0. The molecule has 1 saturated heterocycles. The summed E-state index contributed by atoms with van der Waals surface area (Å²) in [5.41, 5.74) is 1.91. The Kier molecular flexibility index (Phi) is 8.51. The number of aromatic nitrogens is 4. The van der Waals surface area contributed by atoms with E-state index >= 15 is 0 Å². The number of nitrogens with one attached hydrogen (secondary N) is 3. The van der Waals surface area contributed by atoms with Gasteiger partial charge in [-0.3, -0.25) is 9.52 Å². The molecular weight excluding hydrogens is 618 g/mol. The van der Waals surface area contributed by atoms with E-state index < -0.39 is 0 Å². The first-order chi connectivity index (χ1) is 22.1. The van der Waals surface area contributed by atoms with Crippen molar-refractivity contribution in [2.75, 3.05) is 18.5 Å². The van der Waals surface area contributed by atoms with Crippen molar-refractivity contribution in [3.05, 3.63) is 53.3 Å². The van der Waals surface area contributed by atoms with Gasteiger partial charge in [0, 0.05) is 35.8 Å². The monoisotopic (exact) mass is 663 g/mol. The number of halogens is 1. The molecule has 4 heterocycles. The van der Waals surface area contributed by atoms with E-state index in [4.69, 9.17) is 21.3 Å². The van der Waals surface area contributed by atoms with Gasteiger partial charge in [0.05, 0.1) is 12.2 Å². The Labute approximate surface area is 281 Å². The van der Waals surface area contributed by atoms with Crippen LogP contribution in [0.15, 0.2) is 47.6 Å². The third kappa shape index (κ3) is 6.49. The lowest BCUT2D eigenvalue weighted by molar-refractivity contribution is 0.0984. The summed E-state index contributed by atoms with van der Waals surface area (Å²) >= 11 is 7.64. The second-order valence-corrected chi connectivity index (χ2v) is 16.1. The maximum atomic E-state index is 13.0. The van der Waals surface area contributed by atoms with Crippen LogP contribution in [-0.4, -0.2) is 50.4 Å². The lowest BCUT2D eigenvalue weighted by Crippen LogP contribution is -2.31. The topological polar surface area (TPSA) is 106 Å². The number of pyridine rings is 2. The van der Waals surface area contributed by atoms with Gasteiger partial charge in [-0.15, -0.1) is 5.10 Å². The van der Waals surface area contributed by atoms with E-state index in [2.05, 4.69) is 53.1 Å². The van der Waals surface area contributed by atoms with Gasteiger partial charge in [0.2, 0.25) is 5.88 Å². The van der Waals surface area contributed by atoms with Gasteiger partial charge in [-0.1, -0.05) is 31.5 Å². The number of nitrogens with zero attached hydrogens (tertiary/aromatic N) is 4.